The number of carbonyl (C=O) groups excluding carboxylic acids is 1. The third-order valence-corrected chi connectivity index (χ3v) is 4.13. The molecular formula is C19H18FN3O3. The maximum absolute atomic E-state index is 14.3. The largest absolute Gasteiger partial charge is 0.288 e. The van der Waals surface area contributed by atoms with Gasteiger partial charge in [-0.25, -0.2) is 14.9 Å². The summed E-state index contributed by atoms with van der Waals surface area (Å²) in [5, 5.41) is 8.77. The number of rotatable bonds is 4. The highest BCUT2D eigenvalue weighted by atomic mass is 19.1. The van der Waals surface area contributed by atoms with Crippen LogP contribution < -0.4 is 11.0 Å². The van der Waals surface area contributed by atoms with Gasteiger partial charge < -0.3 is 0 Å². The van der Waals surface area contributed by atoms with Crippen molar-refractivity contribution in [2.75, 3.05) is 0 Å². The van der Waals surface area contributed by atoms with Crippen LogP contribution in [-0.4, -0.2) is 20.7 Å². The normalized spacial score (nSPS) is 14.0. The predicted molar refractivity (Wildman–Crippen MR) is 96.9 cm³/mol. The van der Waals surface area contributed by atoms with E-state index in [1.54, 1.807) is 4.57 Å². The minimum Gasteiger partial charge on any atom is -0.288 e. The number of aryl methyl sites for hydroxylation is 1. The van der Waals surface area contributed by atoms with Crippen LogP contribution in [0.2, 0.25) is 0 Å². The average Bonchev–Trinajstić information content (AvgIpc) is 2.66. The SMILES string of the molecule is CCc1nc2cc(F)c(/C=C/C(=O)NO)cc2c(=O)n1C1=CCCC=C1. The average molecular weight is 355 g/mol. The van der Waals surface area contributed by atoms with Crippen molar-refractivity contribution in [1.29, 1.82) is 0 Å². The second-order valence-electron chi connectivity index (χ2n) is 5.83. The van der Waals surface area contributed by atoms with E-state index in [0.717, 1.165) is 24.6 Å². The van der Waals surface area contributed by atoms with Crippen LogP contribution in [0.4, 0.5) is 4.39 Å². The zero-order valence-electron chi connectivity index (χ0n) is 14.2. The van der Waals surface area contributed by atoms with Crippen LogP contribution >= 0.6 is 0 Å². The molecular weight excluding hydrogens is 337 g/mol. The lowest BCUT2D eigenvalue weighted by Gasteiger charge is -2.15. The Morgan fingerprint density at radius 1 is 1.42 bits per heavy atom. The van der Waals surface area contributed by atoms with Gasteiger partial charge in [0.05, 0.1) is 10.9 Å². The van der Waals surface area contributed by atoms with Gasteiger partial charge in [-0.15, -0.1) is 0 Å². The zero-order valence-corrected chi connectivity index (χ0v) is 14.2. The van der Waals surface area contributed by atoms with Gasteiger partial charge in [0.2, 0.25) is 0 Å². The molecule has 1 aliphatic carbocycles. The van der Waals surface area contributed by atoms with E-state index in [2.05, 4.69) is 4.98 Å². The van der Waals surface area contributed by atoms with Gasteiger partial charge in [0, 0.05) is 29.8 Å². The quantitative estimate of drug-likeness (QED) is 0.502. The van der Waals surface area contributed by atoms with E-state index in [1.165, 1.54) is 23.7 Å². The molecule has 2 aromatic rings. The standard InChI is InChI=1S/C19H18FN3O3/c1-2-17-21-16-11-15(20)12(8-9-18(24)22-26)10-14(16)19(25)23(17)13-6-4-3-5-7-13/h4,6-11,26H,2-3,5H2,1H3,(H,22,24)/b9-8+. The van der Waals surface area contributed by atoms with Crippen LogP contribution in [0.1, 0.15) is 31.2 Å². The predicted octanol–water partition coefficient (Wildman–Crippen LogP) is 2.81. The van der Waals surface area contributed by atoms with E-state index >= 15 is 0 Å². The molecule has 6 nitrogen and oxygen atoms in total. The van der Waals surface area contributed by atoms with Crippen molar-refractivity contribution in [3.8, 4) is 0 Å². The maximum Gasteiger partial charge on any atom is 0.267 e. The summed E-state index contributed by atoms with van der Waals surface area (Å²) in [4.78, 5) is 28.6. The molecule has 2 N–H and O–H groups in total. The second-order valence-corrected chi connectivity index (χ2v) is 5.83. The van der Waals surface area contributed by atoms with Gasteiger partial charge in [0.15, 0.2) is 0 Å². The second kappa shape index (κ2) is 7.45. The van der Waals surface area contributed by atoms with Crippen molar-refractivity contribution in [2.24, 2.45) is 0 Å². The Balaban J connectivity index is 2.22. The number of aromatic nitrogens is 2. The van der Waals surface area contributed by atoms with Gasteiger partial charge in [-0.3, -0.25) is 19.4 Å². The Kier molecular flexibility index (Phi) is 5.09. The monoisotopic (exact) mass is 355 g/mol. The number of nitrogens with one attached hydrogen (secondary N) is 1. The Hall–Kier alpha value is -3.06. The smallest absolute Gasteiger partial charge is 0.267 e. The van der Waals surface area contributed by atoms with Crippen LogP contribution in [0.25, 0.3) is 22.7 Å². The minimum absolute atomic E-state index is 0.0592. The summed E-state index contributed by atoms with van der Waals surface area (Å²) in [6, 6.07) is 2.55. The molecule has 1 aliphatic rings. The van der Waals surface area contributed by atoms with E-state index in [1.807, 2.05) is 25.2 Å². The lowest BCUT2D eigenvalue weighted by atomic mass is 10.1. The molecule has 0 spiro atoms. The first kappa shape index (κ1) is 17.8. The molecule has 0 saturated carbocycles. The summed E-state index contributed by atoms with van der Waals surface area (Å²) in [7, 11) is 0. The molecule has 1 aromatic carbocycles. The Morgan fingerprint density at radius 2 is 2.23 bits per heavy atom. The summed E-state index contributed by atoms with van der Waals surface area (Å²) in [6.45, 7) is 1.89. The van der Waals surface area contributed by atoms with Crippen molar-refractivity contribution >= 4 is 28.6 Å². The van der Waals surface area contributed by atoms with E-state index in [-0.39, 0.29) is 22.0 Å². The van der Waals surface area contributed by atoms with Gasteiger partial charge in [-0.05, 0) is 31.1 Å². The van der Waals surface area contributed by atoms with Gasteiger partial charge in [0.1, 0.15) is 11.6 Å². The van der Waals surface area contributed by atoms with Gasteiger partial charge in [-0.2, -0.15) is 0 Å². The van der Waals surface area contributed by atoms with E-state index in [4.69, 9.17) is 5.21 Å². The van der Waals surface area contributed by atoms with Crippen molar-refractivity contribution in [1.82, 2.24) is 15.0 Å². The fourth-order valence-corrected chi connectivity index (χ4v) is 2.87. The number of hydroxylamine groups is 1. The third kappa shape index (κ3) is 3.34. The molecule has 0 aliphatic heterocycles. The molecule has 134 valence electrons. The molecule has 7 heteroatoms. The highest BCUT2D eigenvalue weighted by molar-refractivity contribution is 5.92. The highest BCUT2D eigenvalue weighted by Gasteiger charge is 2.15. The molecule has 0 saturated heterocycles. The van der Waals surface area contributed by atoms with Crippen LogP contribution in [0.3, 0.4) is 0 Å². The van der Waals surface area contributed by atoms with Crippen LogP contribution in [0.15, 0.2) is 41.2 Å². The number of halogens is 1. The molecule has 3 rings (SSSR count). The van der Waals surface area contributed by atoms with E-state index in [0.29, 0.717) is 12.2 Å². The summed E-state index contributed by atoms with van der Waals surface area (Å²) in [5.41, 5.74) is 2.23. The molecule has 0 unspecified atom stereocenters. The summed E-state index contributed by atoms with van der Waals surface area (Å²) in [5.74, 6) is -0.843. The lowest BCUT2D eigenvalue weighted by Crippen LogP contribution is -2.24. The van der Waals surface area contributed by atoms with Crippen molar-refractivity contribution in [3.63, 3.8) is 0 Å². The molecule has 1 amide bonds. The molecule has 0 radical (unpaired) electrons. The summed E-state index contributed by atoms with van der Waals surface area (Å²) in [6.07, 6.45) is 10.3. The number of hydrogen-bond acceptors (Lipinski definition) is 4. The molecule has 0 fully saturated rings. The highest BCUT2D eigenvalue weighted by Crippen LogP contribution is 2.20. The topological polar surface area (TPSA) is 84.2 Å². The number of amides is 1. The molecule has 1 heterocycles. The first-order valence-corrected chi connectivity index (χ1v) is 8.29. The lowest BCUT2D eigenvalue weighted by molar-refractivity contribution is -0.124. The van der Waals surface area contributed by atoms with Crippen LogP contribution in [0, 0.1) is 5.82 Å². The number of allylic oxidation sites excluding steroid dienone is 4. The molecule has 0 bridgehead atoms. The van der Waals surface area contributed by atoms with Crippen LogP contribution in [-0.2, 0) is 11.2 Å². The fraction of sp³-hybridized carbons (Fsp3) is 0.211. The number of carbonyl (C=O) groups is 1. The van der Waals surface area contributed by atoms with Gasteiger partial charge in [0.25, 0.3) is 11.5 Å². The molecule has 1 aromatic heterocycles. The first-order chi connectivity index (χ1) is 12.5. The Morgan fingerprint density at radius 3 is 2.88 bits per heavy atom. The van der Waals surface area contributed by atoms with Crippen molar-refractivity contribution in [2.45, 2.75) is 26.2 Å². The zero-order chi connectivity index (χ0) is 18.7. The summed E-state index contributed by atoms with van der Waals surface area (Å²) < 4.78 is 15.8. The number of nitrogens with zero attached hydrogens (tertiary/aromatic N) is 2. The fourth-order valence-electron chi connectivity index (χ4n) is 2.87. The number of benzene rings is 1. The van der Waals surface area contributed by atoms with E-state index in [9.17, 15) is 14.0 Å². The summed E-state index contributed by atoms with van der Waals surface area (Å²) >= 11 is 0. The number of fused-ring (bicyclic) bond motifs is 1. The third-order valence-electron chi connectivity index (χ3n) is 4.13. The van der Waals surface area contributed by atoms with Gasteiger partial charge in [-0.1, -0.05) is 19.1 Å². The Labute approximate surface area is 148 Å². The van der Waals surface area contributed by atoms with E-state index < -0.39 is 11.7 Å². The van der Waals surface area contributed by atoms with Crippen molar-refractivity contribution < 1.29 is 14.4 Å². The van der Waals surface area contributed by atoms with Crippen molar-refractivity contribution in [3.05, 3.63) is 64.0 Å². The molecule has 26 heavy (non-hydrogen) atoms. The first-order valence-electron chi connectivity index (χ1n) is 8.29. The minimum atomic E-state index is -0.793. The Bertz CT molecular complexity index is 1020. The molecule has 0 atom stereocenters. The van der Waals surface area contributed by atoms with Gasteiger partial charge >= 0.3 is 0 Å². The van der Waals surface area contributed by atoms with Crippen LogP contribution in [0.5, 0.6) is 0 Å². The number of hydrogen-bond donors (Lipinski definition) is 2. The maximum atomic E-state index is 14.3.